The monoisotopic (exact) mass is 1780 g/mol. The van der Waals surface area contributed by atoms with E-state index in [1.54, 1.807) is 24.3 Å². The summed E-state index contributed by atoms with van der Waals surface area (Å²) in [6.45, 7) is 42.7. The largest absolute Gasteiger partial charge is 0.207 e. The Morgan fingerprint density at radius 1 is 0.180 bits per heavy atom. The van der Waals surface area contributed by atoms with E-state index >= 15 is 0 Å². The van der Waals surface area contributed by atoms with Crippen molar-refractivity contribution in [1.82, 2.24) is 0 Å². The summed E-state index contributed by atoms with van der Waals surface area (Å²) in [6, 6.07) is 130. The molecule has 14 aromatic rings. The molecule has 2 aliphatic carbocycles. The fourth-order valence-corrected chi connectivity index (χ4v) is 20.2. The van der Waals surface area contributed by atoms with Gasteiger partial charge in [-0.25, -0.2) is 17.6 Å². The molecule has 696 valence electrons. The highest BCUT2D eigenvalue weighted by Gasteiger charge is 2.39. The molecule has 0 spiro atoms. The molecule has 4 heteroatoms. The van der Waals surface area contributed by atoms with Crippen molar-refractivity contribution in [2.75, 3.05) is 0 Å². The van der Waals surface area contributed by atoms with Gasteiger partial charge in [-0.2, -0.15) is 0 Å². The minimum atomic E-state index is -0.187. The lowest BCUT2D eigenvalue weighted by Gasteiger charge is -2.39. The van der Waals surface area contributed by atoms with Crippen LogP contribution in [-0.4, -0.2) is 0 Å². The molecular formula is C129H152F4. The molecule has 0 amide bonds. The highest BCUT2D eigenvalue weighted by Crippen LogP contribution is 2.49. The smallest absolute Gasteiger partial charge is 0.123 e. The second-order valence-corrected chi connectivity index (χ2v) is 40.9. The highest BCUT2D eigenvalue weighted by molar-refractivity contribution is 5.48. The van der Waals surface area contributed by atoms with Gasteiger partial charge < -0.3 is 0 Å². The molecule has 0 heterocycles. The Morgan fingerprint density at radius 3 is 0.617 bits per heavy atom. The van der Waals surface area contributed by atoms with Crippen LogP contribution in [0.4, 0.5) is 17.6 Å². The van der Waals surface area contributed by atoms with Crippen LogP contribution < -0.4 is 0 Å². The third-order valence-electron chi connectivity index (χ3n) is 29.7. The van der Waals surface area contributed by atoms with Crippen molar-refractivity contribution >= 4 is 0 Å². The minimum Gasteiger partial charge on any atom is -0.207 e. The summed E-state index contributed by atoms with van der Waals surface area (Å²) < 4.78 is 52.1. The van der Waals surface area contributed by atoms with Gasteiger partial charge in [0.05, 0.1) is 0 Å². The van der Waals surface area contributed by atoms with Gasteiger partial charge in [-0.15, -0.1) is 0 Å². The van der Waals surface area contributed by atoms with Crippen molar-refractivity contribution < 1.29 is 17.6 Å². The van der Waals surface area contributed by atoms with Crippen molar-refractivity contribution in [2.24, 2.45) is 0 Å². The van der Waals surface area contributed by atoms with Gasteiger partial charge in [0.1, 0.15) is 23.3 Å². The van der Waals surface area contributed by atoms with Crippen molar-refractivity contribution in [1.29, 1.82) is 0 Å². The van der Waals surface area contributed by atoms with E-state index in [9.17, 15) is 17.6 Å². The molecular weight excluding hydrogens is 1630 g/mol. The van der Waals surface area contributed by atoms with Crippen molar-refractivity contribution in [3.05, 3.63) is 500 Å². The molecule has 2 aliphatic rings. The van der Waals surface area contributed by atoms with Gasteiger partial charge >= 0.3 is 0 Å². The molecule has 2 fully saturated rings. The average molecular weight is 1780 g/mol. The molecule has 0 aromatic heterocycles. The van der Waals surface area contributed by atoms with Crippen molar-refractivity contribution in [3.63, 3.8) is 0 Å². The molecule has 0 nitrogen and oxygen atoms in total. The standard InChI is InChI=1S/C22H28.C21H28.C20H26.C18H19F.C17H19F.C16H17F.C15H15F/c1-21(2,3)18-12-14-20(15-13-18)22(16-8-5-9-17-22)19-10-6-4-7-11-19;1-6-21(7-2,18-11-9-8-10-12-18)19-15-13-17(14-16-19)20(3,4)5;1-6-20(5,17-10-8-7-9-11-17)18-14-12-16(13-15-18)19(2,3)4;19-17-11-9-16(10-12-17)18(13-5-2-6-14-18)15-7-3-1-4-8-15;1-3-17(4-2,14-8-6-5-7-9-14)15-10-12-16(18)13-11-15;1-3-16(2,13-7-5-4-6-8-13)14-9-11-15(17)12-10-14;1-15(2,12-6-4-3-5-7-12)13-8-10-14(16)11-9-13/h4,6-7,10-15H,5,8-9,16-17H2,1-3H3;8-16H,6-7H2,1-5H3;7-15H,6H2,1-5H3;1,3-4,7-12H,2,5-6,13-14H2;5-13H,3-4H2,1-2H3;4-12H,3H2,1-2H3;3-11H,1-2H3. The number of hydrogen-bond acceptors (Lipinski definition) is 0. The summed E-state index contributed by atoms with van der Waals surface area (Å²) >= 11 is 0. The maximum absolute atomic E-state index is 13.2. The first-order chi connectivity index (χ1) is 63.6. The zero-order valence-electron chi connectivity index (χ0n) is 83.7. The SMILES string of the molecule is CC(C)(C)c1ccc(C2(c3ccccc3)CCCCC2)cc1.CC(C)(c1ccccc1)c1ccc(F)cc1.CCC(C)(c1ccccc1)c1ccc(C(C)(C)C)cc1.CCC(C)(c1ccccc1)c1ccc(F)cc1.CCC(CC)(c1ccccc1)c1ccc(C(C)(C)C)cc1.CCC(CC)(c1ccccc1)c1ccc(F)cc1.Fc1ccc(C2(c3ccccc3)CCCCC2)cc1. The van der Waals surface area contributed by atoms with E-state index in [0.717, 1.165) is 49.7 Å². The fourth-order valence-electron chi connectivity index (χ4n) is 20.2. The lowest BCUT2D eigenvalue weighted by atomic mass is 9.65. The van der Waals surface area contributed by atoms with Gasteiger partial charge in [0.2, 0.25) is 0 Å². The summed E-state index contributed by atoms with van der Waals surface area (Å²) in [4.78, 5) is 0. The van der Waals surface area contributed by atoms with E-state index in [4.69, 9.17) is 0 Å². The summed E-state index contributed by atoms with van der Waals surface area (Å²) in [6.07, 6.45) is 19.2. The Morgan fingerprint density at radius 2 is 0.353 bits per heavy atom. The molecule has 16 rings (SSSR count). The zero-order valence-corrected chi connectivity index (χ0v) is 83.7. The Bertz CT molecular complexity index is 5640. The van der Waals surface area contributed by atoms with E-state index in [0.29, 0.717) is 0 Å². The van der Waals surface area contributed by atoms with Crippen LogP contribution in [0.15, 0.2) is 382 Å². The molecule has 0 N–H and O–H groups in total. The average Bonchev–Trinajstić information content (AvgIpc) is 0.780. The first-order valence-corrected chi connectivity index (χ1v) is 49.4. The van der Waals surface area contributed by atoms with E-state index in [-0.39, 0.29) is 77.4 Å². The number of benzene rings is 14. The zero-order chi connectivity index (χ0) is 96.0. The van der Waals surface area contributed by atoms with E-state index in [1.165, 1.54) is 172 Å². The summed E-state index contributed by atoms with van der Waals surface area (Å²) in [5, 5.41) is 0. The van der Waals surface area contributed by atoms with Crippen LogP contribution in [0.1, 0.15) is 329 Å². The maximum Gasteiger partial charge on any atom is 0.123 e. The number of hydrogen-bond donors (Lipinski definition) is 0. The fraction of sp³-hybridized carbons (Fsp3) is 0.349. The number of rotatable bonds is 20. The van der Waals surface area contributed by atoms with Crippen LogP contribution in [-0.2, 0) is 54.1 Å². The molecule has 2 unspecified atom stereocenters. The van der Waals surface area contributed by atoms with Gasteiger partial charge in [0.25, 0.3) is 0 Å². The topological polar surface area (TPSA) is 0 Å². The van der Waals surface area contributed by atoms with Gasteiger partial charge in [0.15, 0.2) is 0 Å². The maximum atomic E-state index is 13.2. The van der Waals surface area contributed by atoms with E-state index in [2.05, 4.69) is 374 Å². The second kappa shape index (κ2) is 47.6. The lowest BCUT2D eigenvalue weighted by Crippen LogP contribution is -2.30. The van der Waals surface area contributed by atoms with Gasteiger partial charge in [-0.1, -0.05) is 504 Å². The second-order valence-electron chi connectivity index (χ2n) is 40.9. The van der Waals surface area contributed by atoms with Crippen LogP contribution in [0.25, 0.3) is 0 Å². The van der Waals surface area contributed by atoms with Gasteiger partial charge in [-0.05, 0) is 224 Å². The van der Waals surface area contributed by atoms with Crippen molar-refractivity contribution in [3.8, 4) is 0 Å². The Balaban J connectivity index is 0.000000161. The van der Waals surface area contributed by atoms with Gasteiger partial charge in [-0.3, -0.25) is 0 Å². The first-order valence-electron chi connectivity index (χ1n) is 49.4. The van der Waals surface area contributed by atoms with Crippen LogP contribution in [0.5, 0.6) is 0 Å². The third-order valence-corrected chi connectivity index (χ3v) is 29.7. The minimum absolute atomic E-state index is 0.00500. The Labute approximate surface area is 800 Å². The third kappa shape index (κ3) is 26.3. The quantitative estimate of drug-likeness (QED) is 0.0667. The molecule has 0 saturated heterocycles. The molecule has 0 radical (unpaired) electrons. The summed E-state index contributed by atoms with van der Waals surface area (Å²) in [5.41, 5.74) is 23.9. The Kier molecular flexibility index (Phi) is 37.2. The van der Waals surface area contributed by atoms with Crippen LogP contribution >= 0.6 is 0 Å². The molecule has 0 aliphatic heterocycles. The van der Waals surface area contributed by atoms with Crippen LogP contribution in [0.3, 0.4) is 0 Å². The molecule has 14 aromatic carbocycles. The van der Waals surface area contributed by atoms with Crippen LogP contribution in [0.2, 0.25) is 0 Å². The molecule has 2 saturated carbocycles. The molecule has 0 bridgehead atoms. The Hall–Kier alpha value is -11.2. The molecule has 133 heavy (non-hydrogen) atoms. The summed E-state index contributed by atoms with van der Waals surface area (Å²) in [7, 11) is 0. The highest BCUT2D eigenvalue weighted by atomic mass is 19.1. The molecule has 2 atom stereocenters. The van der Waals surface area contributed by atoms with E-state index < -0.39 is 0 Å². The van der Waals surface area contributed by atoms with Gasteiger partial charge in [0, 0.05) is 37.9 Å². The van der Waals surface area contributed by atoms with Crippen molar-refractivity contribution in [2.45, 2.75) is 288 Å². The predicted octanol–water partition coefficient (Wildman–Crippen LogP) is 36.7. The van der Waals surface area contributed by atoms with Crippen LogP contribution in [0, 0.1) is 23.3 Å². The first kappa shape index (κ1) is 104. The van der Waals surface area contributed by atoms with E-state index in [1.807, 2.05) is 91.0 Å². The normalized spacial score (nSPS) is 14.5. The lowest BCUT2D eigenvalue weighted by molar-refractivity contribution is 0.345. The summed E-state index contributed by atoms with van der Waals surface area (Å²) in [5.74, 6) is -0.691. The number of halogens is 4. The predicted molar refractivity (Wildman–Crippen MR) is 562 cm³/mol.